The van der Waals surface area contributed by atoms with Crippen LogP contribution in [0.2, 0.25) is 0 Å². The highest BCUT2D eigenvalue weighted by molar-refractivity contribution is 7.89. The molecule has 0 N–H and O–H groups in total. The van der Waals surface area contributed by atoms with Crippen molar-refractivity contribution in [1.29, 1.82) is 0 Å². The Bertz CT molecular complexity index is 649. The Morgan fingerprint density at radius 3 is 2.54 bits per heavy atom. The summed E-state index contributed by atoms with van der Waals surface area (Å²) in [5.41, 5.74) is 0. The molecule has 1 aromatic carbocycles. The van der Waals surface area contributed by atoms with Crippen LogP contribution >= 0.6 is 0 Å². The highest BCUT2D eigenvalue weighted by atomic mass is 32.2. The van der Waals surface area contributed by atoms with Crippen molar-refractivity contribution in [3.63, 3.8) is 0 Å². The van der Waals surface area contributed by atoms with Crippen LogP contribution in [-0.4, -0.2) is 62.1 Å². The molecular formula is C16H23FN2O4S. The minimum Gasteiger partial charge on any atom is -0.484 e. The second kappa shape index (κ2) is 8.43. The van der Waals surface area contributed by atoms with Crippen molar-refractivity contribution in [1.82, 2.24) is 9.21 Å². The Kier molecular flexibility index (Phi) is 6.56. The summed E-state index contributed by atoms with van der Waals surface area (Å²) < 4.78 is 43.9. The predicted molar refractivity (Wildman–Crippen MR) is 88.7 cm³/mol. The Morgan fingerprint density at radius 1 is 1.17 bits per heavy atom. The van der Waals surface area contributed by atoms with Gasteiger partial charge in [-0.25, -0.2) is 17.1 Å². The second-order valence-electron chi connectivity index (χ2n) is 5.69. The molecule has 0 spiro atoms. The van der Waals surface area contributed by atoms with Crippen LogP contribution in [0.5, 0.6) is 5.75 Å². The summed E-state index contributed by atoms with van der Waals surface area (Å²) >= 11 is 0. The largest absolute Gasteiger partial charge is 0.484 e. The van der Waals surface area contributed by atoms with E-state index in [1.165, 1.54) is 28.6 Å². The molecule has 0 unspecified atom stereocenters. The molecule has 0 aromatic heterocycles. The summed E-state index contributed by atoms with van der Waals surface area (Å²) in [7, 11) is -3.24. The summed E-state index contributed by atoms with van der Waals surface area (Å²) in [6, 6.07) is 5.46. The van der Waals surface area contributed by atoms with Gasteiger partial charge in [-0.3, -0.25) is 4.79 Å². The minimum atomic E-state index is -3.24. The Balaban J connectivity index is 1.86. The fourth-order valence-corrected chi connectivity index (χ4v) is 4.12. The van der Waals surface area contributed by atoms with Crippen LogP contribution in [0.1, 0.15) is 19.8 Å². The van der Waals surface area contributed by atoms with Gasteiger partial charge in [0.25, 0.3) is 5.91 Å². The van der Waals surface area contributed by atoms with Gasteiger partial charge in [-0.1, -0.05) is 6.92 Å². The SMILES string of the molecule is CCCS(=O)(=O)N1CCCN(C(=O)COc2ccc(F)cc2)CC1. The summed E-state index contributed by atoms with van der Waals surface area (Å²) in [6.45, 7) is 3.29. The zero-order valence-corrected chi connectivity index (χ0v) is 14.6. The summed E-state index contributed by atoms with van der Waals surface area (Å²) in [5, 5.41) is 0. The summed E-state index contributed by atoms with van der Waals surface area (Å²) in [5.74, 6) is -0.00963. The summed E-state index contributed by atoms with van der Waals surface area (Å²) in [4.78, 5) is 13.8. The molecule has 134 valence electrons. The van der Waals surface area contributed by atoms with Gasteiger partial charge in [-0.2, -0.15) is 0 Å². The van der Waals surface area contributed by atoms with E-state index < -0.39 is 10.0 Å². The fraction of sp³-hybridized carbons (Fsp3) is 0.562. The standard InChI is InChI=1S/C16H23FN2O4S/c1-2-12-24(21,22)19-9-3-8-18(10-11-19)16(20)13-23-15-6-4-14(17)5-7-15/h4-7H,2-3,8-13H2,1H3. The molecule has 1 aromatic rings. The first kappa shape index (κ1) is 18.7. The third kappa shape index (κ3) is 5.17. The number of amides is 1. The highest BCUT2D eigenvalue weighted by Gasteiger charge is 2.26. The number of benzene rings is 1. The third-order valence-electron chi connectivity index (χ3n) is 3.84. The number of rotatable bonds is 6. The van der Waals surface area contributed by atoms with Crippen LogP contribution < -0.4 is 4.74 Å². The van der Waals surface area contributed by atoms with Crippen molar-refractivity contribution in [2.75, 3.05) is 38.5 Å². The zero-order chi connectivity index (χ0) is 17.6. The maximum absolute atomic E-state index is 12.8. The van der Waals surface area contributed by atoms with E-state index in [0.29, 0.717) is 44.8 Å². The lowest BCUT2D eigenvalue weighted by Crippen LogP contribution is -2.39. The molecule has 1 aliphatic rings. The first-order valence-electron chi connectivity index (χ1n) is 8.06. The molecule has 0 radical (unpaired) electrons. The van der Waals surface area contributed by atoms with E-state index >= 15 is 0 Å². The number of carbonyl (C=O) groups is 1. The Labute approximate surface area is 142 Å². The number of hydrogen-bond acceptors (Lipinski definition) is 4. The first-order valence-corrected chi connectivity index (χ1v) is 9.67. The van der Waals surface area contributed by atoms with Crippen LogP contribution in [-0.2, 0) is 14.8 Å². The van der Waals surface area contributed by atoms with Gasteiger partial charge in [0.1, 0.15) is 11.6 Å². The van der Waals surface area contributed by atoms with Gasteiger partial charge >= 0.3 is 0 Å². The minimum absolute atomic E-state index is 0.134. The van der Waals surface area contributed by atoms with E-state index in [0.717, 1.165) is 0 Å². The highest BCUT2D eigenvalue weighted by Crippen LogP contribution is 2.13. The first-order chi connectivity index (χ1) is 11.4. The third-order valence-corrected chi connectivity index (χ3v) is 5.92. The van der Waals surface area contributed by atoms with E-state index in [-0.39, 0.29) is 24.1 Å². The van der Waals surface area contributed by atoms with E-state index in [2.05, 4.69) is 0 Å². The average molecular weight is 358 g/mol. The number of hydrogen-bond donors (Lipinski definition) is 0. The molecule has 0 atom stereocenters. The van der Waals surface area contributed by atoms with Crippen molar-refractivity contribution >= 4 is 15.9 Å². The van der Waals surface area contributed by atoms with Crippen LogP contribution in [0.3, 0.4) is 0 Å². The second-order valence-corrected chi connectivity index (χ2v) is 7.78. The lowest BCUT2D eigenvalue weighted by molar-refractivity contribution is -0.133. The smallest absolute Gasteiger partial charge is 0.260 e. The average Bonchev–Trinajstić information content (AvgIpc) is 2.80. The molecule has 1 fully saturated rings. The molecule has 24 heavy (non-hydrogen) atoms. The number of sulfonamides is 1. The lowest BCUT2D eigenvalue weighted by Gasteiger charge is -2.22. The Morgan fingerprint density at radius 2 is 1.88 bits per heavy atom. The van der Waals surface area contributed by atoms with Crippen LogP contribution in [0, 0.1) is 5.82 Å². The van der Waals surface area contributed by atoms with Crippen molar-refractivity contribution in [3.05, 3.63) is 30.1 Å². The topological polar surface area (TPSA) is 66.9 Å². The van der Waals surface area contributed by atoms with Gasteiger partial charge in [0.05, 0.1) is 5.75 Å². The molecule has 1 aliphatic heterocycles. The summed E-state index contributed by atoms with van der Waals surface area (Å²) in [6.07, 6.45) is 1.18. The molecular weight excluding hydrogens is 335 g/mol. The van der Waals surface area contributed by atoms with Gasteiger partial charge in [0, 0.05) is 26.2 Å². The predicted octanol–water partition coefficient (Wildman–Crippen LogP) is 1.48. The van der Waals surface area contributed by atoms with Crippen LogP contribution in [0.25, 0.3) is 0 Å². The van der Waals surface area contributed by atoms with E-state index in [1.54, 1.807) is 4.90 Å². The van der Waals surface area contributed by atoms with Crippen LogP contribution in [0.15, 0.2) is 24.3 Å². The lowest BCUT2D eigenvalue weighted by atomic mass is 10.3. The van der Waals surface area contributed by atoms with Crippen molar-refractivity contribution in [2.45, 2.75) is 19.8 Å². The number of halogens is 1. The van der Waals surface area contributed by atoms with E-state index in [1.807, 2.05) is 6.92 Å². The van der Waals surface area contributed by atoms with Gasteiger partial charge in [0.15, 0.2) is 6.61 Å². The maximum atomic E-state index is 12.8. The number of carbonyl (C=O) groups excluding carboxylic acids is 1. The van der Waals surface area contributed by atoms with Gasteiger partial charge in [-0.15, -0.1) is 0 Å². The maximum Gasteiger partial charge on any atom is 0.260 e. The van der Waals surface area contributed by atoms with Gasteiger partial charge in [-0.05, 0) is 37.1 Å². The molecule has 0 aliphatic carbocycles. The molecule has 2 rings (SSSR count). The van der Waals surface area contributed by atoms with Crippen molar-refractivity contribution < 1.29 is 22.3 Å². The molecule has 0 saturated carbocycles. The molecule has 1 amide bonds. The van der Waals surface area contributed by atoms with Crippen molar-refractivity contribution in [2.24, 2.45) is 0 Å². The van der Waals surface area contributed by atoms with Crippen molar-refractivity contribution in [3.8, 4) is 5.75 Å². The normalized spacial score (nSPS) is 16.7. The molecule has 8 heteroatoms. The van der Waals surface area contributed by atoms with E-state index in [4.69, 9.17) is 4.74 Å². The van der Waals surface area contributed by atoms with E-state index in [9.17, 15) is 17.6 Å². The molecule has 0 bridgehead atoms. The molecule has 1 heterocycles. The quantitative estimate of drug-likeness (QED) is 0.773. The monoisotopic (exact) mass is 358 g/mol. The van der Waals surface area contributed by atoms with Gasteiger partial charge < -0.3 is 9.64 Å². The molecule has 6 nitrogen and oxygen atoms in total. The number of nitrogens with zero attached hydrogens (tertiary/aromatic N) is 2. The Hall–Kier alpha value is -1.67. The van der Waals surface area contributed by atoms with Crippen LogP contribution in [0.4, 0.5) is 4.39 Å². The van der Waals surface area contributed by atoms with Gasteiger partial charge in [0.2, 0.25) is 10.0 Å². The number of ether oxygens (including phenoxy) is 1. The zero-order valence-electron chi connectivity index (χ0n) is 13.8. The molecule has 1 saturated heterocycles. The fourth-order valence-electron chi connectivity index (χ4n) is 2.58.